The fourth-order valence-corrected chi connectivity index (χ4v) is 6.27. The number of nitrogens with one attached hydrogen (secondary N) is 4. The van der Waals surface area contributed by atoms with E-state index in [2.05, 4.69) is 31.3 Å². The van der Waals surface area contributed by atoms with E-state index in [9.17, 15) is 32.7 Å². The number of benzene rings is 1. The minimum atomic E-state index is -4.80. The van der Waals surface area contributed by atoms with Crippen LogP contribution in [0, 0.1) is 23.2 Å². The van der Waals surface area contributed by atoms with Gasteiger partial charge in [-0.3, -0.25) is 19.1 Å². The molecule has 1 aliphatic carbocycles. The average Bonchev–Trinajstić information content (AvgIpc) is 3.59. The van der Waals surface area contributed by atoms with E-state index in [0.29, 0.717) is 26.2 Å². The number of aromatic nitrogens is 4. The van der Waals surface area contributed by atoms with E-state index in [1.165, 1.54) is 29.8 Å². The molecule has 1 saturated carbocycles. The predicted octanol–water partition coefficient (Wildman–Crippen LogP) is 1.13. The zero-order valence-corrected chi connectivity index (χ0v) is 26.4. The number of aliphatic hydroxyl groups excluding tert-OH is 1. The Morgan fingerprint density at radius 3 is 2.47 bits per heavy atom. The highest BCUT2D eigenvalue weighted by Crippen LogP contribution is 2.45. The molecule has 6 rings (SSSR count). The number of β-amino-alcohol motifs (C(OH)–C–C–N with tert-alkyl or cyclic N) is 1. The number of carbonyl (C=O) groups is 4. The molecule has 20 heteroatoms. The number of hydrogen-bond donors (Lipinski definition) is 6. The largest absolute Gasteiger partial charge is 0.483 e. The van der Waals surface area contributed by atoms with Crippen LogP contribution in [0.3, 0.4) is 0 Å². The molecule has 2 aliphatic heterocycles. The lowest BCUT2D eigenvalue weighted by molar-refractivity contribution is -0.141. The van der Waals surface area contributed by atoms with E-state index in [4.69, 9.17) is 26.8 Å². The maximum Gasteiger partial charge on any atom is 0.435 e. The average molecular weight is 707 g/mol. The maximum absolute atomic E-state index is 13.6. The number of fused-ring (bicyclic) bond motifs is 1. The van der Waals surface area contributed by atoms with Gasteiger partial charge in [0.05, 0.1) is 46.3 Å². The monoisotopic (exact) mass is 706 g/mol. The molecule has 0 spiro atoms. The highest BCUT2D eigenvalue weighted by molar-refractivity contribution is 6.34. The summed E-state index contributed by atoms with van der Waals surface area (Å²) in [5, 5.41) is 40.6. The molecular formula is C29H30ClF3N10O6. The molecule has 4 amide bonds. The summed E-state index contributed by atoms with van der Waals surface area (Å²) in [5.74, 6) is -1.14. The predicted molar refractivity (Wildman–Crippen MR) is 164 cm³/mol. The number of hydrogen-bond acceptors (Lipinski definition) is 9. The van der Waals surface area contributed by atoms with Gasteiger partial charge >= 0.3 is 12.2 Å². The maximum atomic E-state index is 13.6. The van der Waals surface area contributed by atoms with Crippen LogP contribution in [-0.2, 0) is 24.6 Å². The summed E-state index contributed by atoms with van der Waals surface area (Å²) in [5.41, 5.74) is -1.19. The van der Waals surface area contributed by atoms with Gasteiger partial charge < -0.3 is 40.9 Å². The molecule has 1 unspecified atom stereocenters. The second-order valence-corrected chi connectivity index (χ2v) is 11.9. The van der Waals surface area contributed by atoms with Crippen molar-refractivity contribution in [2.75, 3.05) is 31.5 Å². The lowest BCUT2D eigenvalue weighted by Gasteiger charge is -2.24. The van der Waals surface area contributed by atoms with Crippen LogP contribution in [0.5, 0.6) is 0 Å². The lowest BCUT2D eigenvalue weighted by Crippen LogP contribution is -2.49. The molecular weight excluding hydrogens is 677 g/mol. The molecule has 3 fully saturated rings. The molecule has 49 heavy (non-hydrogen) atoms. The first kappa shape index (κ1) is 35.1. The topological polar surface area (TPSA) is 220 Å². The molecule has 5 atom stereocenters. The van der Waals surface area contributed by atoms with Crippen molar-refractivity contribution in [3.8, 4) is 17.3 Å². The molecule has 260 valence electrons. The van der Waals surface area contributed by atoms with Crippen LogP contribution in [0.25, 0.3) is 11.3 Å². The number of likely N-dealkylation sites (tertiary alicyclic amines) is 1. The van der Waals surface area contributed by atoms with E-state index >= 15 is 0 Å². The first-order valence-corrected chi connectivity index (χ1v) is 15.1. The van der Waals surface area contributed by atoms with Crippen molar-refractivity contribution >= 4 is 41.6 Å². The van der Waals surface area contributed by atoms with Crippen molar-refractivity contribution in [3.63, 3.8) is 0 Å². The summed E-state index contributed by atoms with van der Waals surface area (Å²) in [4.78, 5) is 52.6. The van der Waals surface area contributed by atoms with Crippen molar-refractivity contribution in [3.05, 3.63) is 52.7 Å². The number of anilines is 1. The van der Waals surface area contributed by atoms with Crippen LogP contribution in [0.1, 0.15) is 26.7 Å². The third kappa shape index (κ3) is 7.45. The van der Waals surface area contributed by atoms with E-state index in [1.54, 1.807) is 11.0 Å². The molecule has 3 aliphatic rings. The molecule has 2 saturated heterocycles. The van der Waals surface area contributed by atoms with Gasteiger partial charge in [-0.15, -0.1) is 0 Å². The third-order valence-electron chi connectivity index (χ3n) is 8.47. The van der Waals surface area contributed by atoms with Gasteiger partial charge in [-0.25, -0.2) is 9.78 Å². The number of imidazole rings is 1. The third-order valence-corrected chi connectivity index (χ3v) is 8.78. The minimum absolute atomic E-state index is 0.0368. The van der Waals surface area contributed by atoms with Crippen LogP contribution < -0.4 is 21.3 Å². The number of halogens is 4. The normalized spacial score (nSPS) is 22.3. The lowest BCUT2D eigenvalue weighted by atomic mass is 10.2. The number of rotatable bonds is 7. The highest BCUT2D eigenvalue weighted by atomic mass is 35.5. The number of carbonyl (C=O) groups excluding carboxylic acids is 3. The Balaban J connectivity index is 0.00000151. The van der Waals surface area contributed by atoms with Gasteiger partial charge in [-0.05, 0) is 18.2 Å². The number of nitrogens with zero attached hydrogens (tertiary/aromatic N) is 6. The zero-order chi connectivity index (χ0) is 35.6. The number of piperidine rings is 1. The van der Waals surface area contributed by atoms with Gasteiger partial charge in [0.15, 0.2) is 11.5 Å². The van der Waals surface area contributed by atoms with E-state index in [-0.39, 0.29) is 69.8 Å². The molecule has 3 aromatic rings. The summed E-state index contributed by atoms with van der Waals surface area (Å²) >= 11 is 6.38. The Hall–Kier alpha value is -5.19. The van der Waals surface area contributed by atoms with Crippen LogP contribution in [-0.4, -0.2) is 103 Å². The first-order chi connectivity index (χ1) is 23.3. The van der Waals surface area contributed by atoms with Crippen LogP contribution in [0.4, 0.5) is 23.7 Å². The zero-order valence-electron chi connectivity index (χ0n) is 25.6. The van der Waals surface area contributed by atoms with Crippen molar-refractivity contribution < 1.29 is 42.6 Å². The molecule has 0 radical (unpaired) electrons. The molecule has 4 heterocycles. The molecule has 6 N–H and O–H groups in total. The van der Waals surface area contributed by atoms with Crippen molar-refractivity contribution in [2.45, 2.75) is 30.9 Å². The fraction of sp³-hybridized carbons (Fsp3) is 0.414. The SMILES string of the molecule is Cn1c(-c2cn(CC#N)nc2C(F)(F)F)cnc1C(=O)Nc1ccc(C(=O)NC2[C@H]3CN(C(=O)N[C@H]4CNC[C@@H]4O)C[C@@H]23)c(Cl)c1.O=CO. The summed E-state index contributed by atoms with van der Waals surface area (Å²) < 4.78 is 42.9. The van der Waals surface area contributed by atoms with Gasteiger partial charge in [-0.2, -0.15) is 23.5 Å². The fourth-order valence-electron chi connectivity index (χ4n) is 6.00. The van der Waals surface area contributed by atoms with Crippen LogP contribution in [0.15, 0.2) is 30.6 Å². The number of alkyl halides is 3. The second-order valence-electron chi connectivity index (χ2n) is 11.5. The smallest absolute Gasteiger partial charge is 0.435 e. The van der Waals surface area contributed by atoms with Gasteiger partial charge in [0.1, 0.15) is 6.54 Å². The van der Waals surface area contributed by atoms with Gasteiger partial charge in [-0.1, -0.05) is 11.6 Å². The minimum Gasteiger partial charge on any atom is -0.483 e. The molecule has 2 aromatic heterocycles. The molecule has 0 bridgehead atoms. The molecule has 1 aromatic carbocycles. The van der Waals surface area contributed by atoms with Gasteiger partial charge in [0.25, 0.3) is 18.3 Å². The van der Waals surface area contributed by atoms with E-state index in [0.717, 1.165) is 17.1 Å². The van der Waals surface area contributed by atoms with Crippen molar-refractivity contribution in [1.29, 1.82) is 5.26 Å². The van der Waals surface area contributed by atoms with Crippen molar-refractivity contribution in [1.82, 2.24) is 40.2 Å². The Bertz CT molecular complexity index is 1800. The number of nitriles is 1. The number of carboxylic acid groups (broad SMARTS) is 1. The standard InChI is InChI=1S/C28H28ClF3N10O4.CH2O2/c1-40-20(17-12-42(5-4-33)39-23(17)28(30,31)32)8-35-24(40)26(45)36-13-2-3-14(18(29)6-13)25(44)38-22-15-10-41(11-16(15)22)27(46)37-19-7-34-9-21(19)43;2-1-3/h2-3,6,8,12,15-16,19,21-22,34,43H,5,7,9-11H2,1H3,(H,36,45)(H,37,46)(H,38,44);1H,(H,2,3)/t15-,16+,19-,21-,22?;/m0./s1. The first-order valence-electron chi connectivity index (χ1n) is 14.7. The Morgan fingerprint density at radius 1 is 1.18 bits per heavy atom. The number of urea groups is 1. The number of amides is 4. The summed E-state index contributed by atoms with van der Waals surface area (Å²) in [7, 11) is 1.37. The quantitative estimate of drug-likeness (QED) is 0.192. The van der Waals surface area contributed by atoms with E-state index < -0.39 is 36.3 Å². The summed E-state index contributed by atoms with van der Waals surface area (Å²) in [6, 6.07) is 5.31. The Labute approximate surface area is 280 Å². The summed E-state index contributed by atoms with van der Waals surface area (Å²) in [6.45, 7) is 1.24. The van der Waals surface area contributed by atoms with Crippen LogP contribution in [0.2, 0.25) is 5.02 Å². The van der Waals surface area contributed by atoms with Gasteiger partial charge in [0, 0.05) is 63.0 Å². The molecule has 16 nitrogen and oxygen atoms in total. The Morgan fingerprint density at radius 2 is 1.88 bits per heavy atom. The van der Waals surface area contributed by atoms with Crippen molar-refractivity contribution in [2.24, 2.45) is 18.9 Å². The van der Waals surface area contributed by atoms with Crippen LogP contribution >= 0.6 is 11.6 Å². The second kappa shape index (κ2) is 14.1. The van der Waals surface area contributed by atoms with Gasteiger partial charge in [0.2, 0.25) is 0 Å². The number of aliphatic hydroxyl groups is 1. The summed E-state index contributed by atoms with van der Waals surface area (Å²) in [6.07, 6.45) is -3.26. The highest BCUT2D eigenvalue weighted by Gasteiger charge is 2.57. The van der Waals surface area contributed by atoms with E-state index in [1.807, 2.05) is 0 Å². The Kier molecular flexibility index (Phi) is 10.1.